The SMILES string of the molecule is CC(=O)N(Cc1ncc(C)o1)[C@H]1CCN(Cc2nc(C3CC3)no2)C1. The van der Waals surface area contributed by atoms with Crippen molar-refractivity contribution in [1.82, 2.24) is 24.9 Å². The van der Waals surface area contributed by atoms with E-state index in [0.717, 1.165) is 31.1 Å². The van der Waals surface area contributed by atoms with E-state index in [1.54, 1.807) is 13.1 Å². The van der Waals surface area contributed by atoms with Crippen LogP contribution in [-0.4, -0.2) is 50.0 Å². The molecule has 0 unspecified atom stereocenters. The quantitative estimate of drug-likeness (QED) is 0.789. The van der Waals surface area contributed by atoms with E-state index in [4.69, 9.17) is 8.94 Å². The minimum absolute atomic E-state index is 0.0384. The van der Waals surface area contributed by atoms with E-state index in [1.807, 2.05) is 11.8 Å². The van der Waals surface area contributed by atoms with Crippen molar-refractivity contribution in [3.8, 4) is 0 Å². The zero-order valence-corrected chi connectivity index (χ0v) is 14.6. The van der Waals surface area contributed by atoms with E-state index in [-0.39, 0.29) is 11.9 Å². The van der Waals surface area contributed by atoms with E-state index >= 15 is 0 Å². The number of aryl methyl sites for hydroxylation is 1. The van der Waals surface area contributed by atoms with Crippen LogP contribution in [-0.2, 0) is 17.9 Å². The molecule has 0 radical (unpaired) electrons. The molecule has 0 spiro atoms. The molecule has 1 amide bonds. The molecule has 4 rings (SSSR count). The summed E-state index contributed by atoms with van der Waals surface area (Å²) >= 11 is 0. The monoisotopic (exact) mass is 345 g/mol. The smallest absolute Gasteiger partial charge is 0.240 e. The third-order valence-corrected chi connectivity index (χ3v) is 4.85. The van der Waals surface area contributed by atoms with E-state index in [0.29, 0.717) is 30.8 Å². The van der Waals surface area contributed by atoms with Crippen molar-refractivity contribution in [2.24, 2.45) is 0 Å². The summed E-state index contributed by atoms with van der Waals surface area (Å²) in [5, 5.41) is 4.06. The van der Waals surface area contributed by atoms with Gasteiger partial charge >= 0.3 is 0 Å². The Morgan fingerprint density at radius 1 is 1.36 bits per heavy atom. The summed E-state index contributed by atoms with van der Waals surface area (Å²) in [7, 11) is 0. The molecular weight excluding hydrogens is 322 g/mol. The maximum Gasteiger partial charge on any atom is 0.240 e. The van der Waals surface area contributed by atoms with Crippen LogP contribution in [0.2, 0.25) is 0 Å². The lowest BCUT2D eigenvalue weighted by atomic mass is 10.2. The first-order chi connectivity index (χ1) is 12.1. The molecule has 134 valence electrons. The van der Waals surface area contributed by atoms with Gasteiger partial charge in [-0.25, -0.2) is 4.98 Å². The molecule has 1 aliphatic heterocycles. The first-order valence-corrected chi connectivity index (χ1v) is 8.82. The Hall–Kier alpha value is -2.22. The van der Waals surface area contributed by atoms with Gasteiger partial charge in [0.25, 0.3) is 0 Å². The molecule has 1 saturated carbocycles. The van der Waals surface area contributed by atoms with Crippen molar-refractivity contribution < 1.29 is 13.7 Å². The van der Waals surface area contributed by atoms with Crippen molar-refractivity contribution in [3.63, 3.8) is 0 Å². The largest absolute Gasteiger partial charge is 0.444 e. The Kier molecular flexibility index (Phi) is 4.29. The van der Waals surface area contributed by atoms with Gasteiger partial charge < -0.3 is 13.8 Å². The summed E-state index contributed by atoms with van der Waals surface area (Å²) in [4.78, 5) is 24.9. The Bertz CT molecular complexity index is 751. The lowest BCUT2D eigenvalue weighted by molar-refractivity contribution is -0.132. The second-order valence-corrected chi connectivity index (χ2v) is 7.01. The zero-order chi connectivity index (χ0) is 17.4. The number of carbonyl (C=O) groups excluding carboxylic acids is 1. The van der Waals surface area contributed by atoms with Crippen molar-refractivity contribution in [1.29, 1.82) is 0 Å². The van der Waals surface area contributed by atoms with Gasteiger partial charge in [0.2, 0.25) is 17.7 Å². The Morgan fingerprint density at radius 2 is 2.20 bits per heavy atom. The topological polar surface area (TPSA) is 88.5 Å². The van der Waals surface area contributed by atoms with Crippen LogP contribution in [0, 0.1) is 6.92 Å². The molecule has 1 saturated heterocycles. The van der Waals surface area contributed by atoms with Gasteiger partial charge in [0, 0.05) is 32.0 Å². The molecule has 0 bridgehead atoms. The van der Waals surface area contributed by atoms with Crippen LogP contribution in [0.1, 0.15) is 55.5 Å². The molecule has 0 N–H and O–H groups in total. The number of carbonyl (C=O) groups is 1. The van der Waals surface area contributed by atoms with Gasteiger partial charge in [0.15, 0.2) is 5.82 Å². The van der Waals surface area contributed by atoms with Crippen molar-refractivity contribution in [2.75, 3.05) is 13.1 Å². The lowest BCUT2D eigenvalue weighted by Crippen LogP contribution is -2.40. The third kappa shape index (κ3) is 3.73. The predicted molar refractivity (Wildman–Crippen MR) is 87.4 cm³/mol. The third-order valence-electron chi connectivity index (χ3n) is 4.85. The van der Waals surface area contributed by atoms with Crippen LogP contribution >= 0.6 is 0 Å². The molecule has 3 heterocycles. The number of oxazole rings is 1. The summed E-state index contributed by atoms with van der Waals surface area (Å²) in [6, 6.07) is 0.149. The fraction of sp³-hybridized carbons (Fsp3) is 0.647. The molecule has 2 aromatic heterocycles. The maximum absolute atomic E-state index is 12.1. The van der Waals surface area contributed by atoms with Gasteiger partial charge in [-0.05, 0) is 26.2 Å². The summed E-state index contributed by atoms with van der Waals surface area (Å²) < 4.78 is 10.9. The first-order valence-electron chi connectivity index (χ1n) is 8.82. The highest BCUT2D eigenvalue weighted by molar-refractivity contribution is 5.73. The van der Waals surface area contributed by atoms with E-state index < -0.39 is 0 Å². The van der Waals surface area contributed by atoms with Gasteiger partial charge in [-0.1, -0.05) is 5.16 Å². The molecule has 8 heteroatoms. The molecule has 0 aromatic carbocycles. The zero-order valence-electron chi connectivity index (χ0n) is 14.6. The summed E-state index contributed by atoms with van der Waals surface area (Å²) in [5.74, 6) is 3.39. The highest BCUT2D eigenvalue weighted by Gasteiger charge is 2.32. The highest BCUT2D eigenvalue weighted by Crippen LogP contribution is 2.38. The molecule has 25 heavy (non-hydrogen) atoms. The Morgan fingerprint density at radius 3 is 2.88 bits per heavy atom. The highest BCUT2D eigenvalue weighted by atomic mass is 16.5. The number of hydrogen-bond acceptors (Lipinski definition) is 7. The van der Waals surface area contributed by atoms with Crippen molar-refractivity contribution in [2.45, 2.75) is 58.2 Å². The average Bonchev–Trinajstić information content (AvgIpc) is 2.95. The van der Waals surface area contributed by atoms with E-state index in [1.165, 1.54) is 12.8 Å². The van der Waals surface area contributed by atoms with Gasteiger partial charge in [-0.2, -0.15) is 4.98 Å². The lowest BCUT2D eigenvalue weighted by Gasteiger charge is -2.26. The van der Waals surface area contributed by atoms with E-state index in [2.05, 4.69) is 20.0 Å². The van der Waals surface area contributed by atoms with Crippen LogP contribution in [0.25, 0.3) is 0 Å². The summed E-state index contributed by atoms with van der Waals surface area (Å²) in [6.07, 6.45) is 4.93. The second-order valence-electron chi connectivity index (χ2n) is 7.01. The fourth-order valence-electron chi connectivity index (χ4n) is 3.36. The van der Waals surface area contributed by atoms with Crippen LogP contribution < -0.4 is 0 Å². The Labute approximate surface area is 146 Å². The minimum atomic E-state index is 0.0384. The van der Waals surface area contributed by atoms with Gasteiger partial charge in [-0.3, -0.25) is 9.69 Å². The van der Waals surface area contributed by atoms with E-state index in [9.17, 15) is 4.79 Å². The van der Waals surface area contributed by atoms with Crippen molar-refractivity contribution in [3.05, 3.63) is 29.6 Å². The Balaban J connectivity index is 1.36. The minimum Gasteiger partial charge on any atom is -0.444 e. The molecule has 2 aliphatic rings. The second kappa shape index (κ2) is 6.59. The summed E-state index contributed by atoms with van der Waals surface area (Å²) in [5.41, 5.74) is 0. The summed E-state index contributed by atoms with van der Waals surface area (Å²) in [6.45, 7) is 6.19. The average molecular weight is 345 g/mol. The maximum atomic E-state index is 12.1. The number of amides is 1. The van der Waals surface area contributed by atoms with Gasteiger partial charge in [-0.15, -0.1) is 0 Å². The number of nitrogens with zero attached hydrogens (tertiary/aromatic N) is 5. The normalized spacial score (nSPS) is 21.0. The fourth-order valence-corrected chi connectivity index (χ4v) is 3.36. The number of rotatable bonds is 6. The van der Waals surface area contributed by atoms with Gasteiger partial charge in [0.1, 0.15) is 5.76 Å². The predicted octanol–water partition coefficient (Wildman–Crippen LogP) is 1.87. The standard InChI is InChI=1S/C17H23N5O3/c1-11-7-18-15(24-11)10-22(12(2)23)14-5-6-21(8-14)9-16-19-17(20-25-16)13-3-4-13/h7,13-14H,3-6,8-10H2,1-2H3/t14-/m0/s1. The van der Waals surface area contributed by atoms with Crippen LogP contribution in [0.3, 0.4) is 0 Å². The number of aromatic nitrogens is 3. The molecule has 8 nitrogen and oxygen atoms in total. The molecule has 1 atom stereocenters. The molecule has 2 aromatic rings. The number of likely N-dealkylation sites (tertiary alicyclic amines) is 1. The van der Waals surface area contributed by atoms with Crippen LogP contribution in [0.5, 0.6) is 0 Å². The first kappa shape index (κ1) is 16.3. The van der Waals surface area contributed by atoms with Gasteiger partial charge in [0.05, 0.1) is 19.3 Å². The molecule has 1 aliphatic carbocycles. The number of hydrogen-bond donors (Lipinski definition) is 0. The molecule has 2 fully saturated rings. The molecular formula is C17H23N5O3. The van der Waals surface area contributed by atoms with Crippen molar-refractivity contribution >= 4 is 5.91 Å². The van der Waals surface area contributed by atoms with Crippen LogP contribution in [0.15, 0.2) is 15.1 Å². The van der Waals surface area contributed by atoms with Crippen LogP contribution in [0.4, 0.5) is 0 Å².